The second-order valence-corrected chi connectivity index (χ2v) is 8.15. The van der Waals surface area contributed by atoms with Crippen molar-refractivity contribution in [2.75, 3.05) is 13.2 Å². The summed E-state index contributed by atoms with van der Waals surface area (Å²) in [5.41, 5.74) is 2.70. The van der Waals surface area contributed by atoms with Gasteiger partial charge in [-0.1, -0.05) is 99.7 Å². The van der Waals surface area contributed by atoms with Crippen LogP contribution >= 0.6 is 0 Å². The van der Waals surface area contributed by atoms with E-state index in [9.17, 15) is 0 Å². The van der Waals surface area contributed by atoms with Crippen molar-refractivity contribution < 1.29 is 4.74 Å². The Kier molecular flexibility index (Phi) is 9.75. The highest BCUT2D eigenvalue weighted by Gasteiger charge is 2.09. The molecule has 0 fully saturated rings. The van der Waals surface area contributed by atoms with Gasteiger partial charge in [-0.25, -0.2) is 0 Å². The SMILES string of the molecule is CCCCCCCCOc1ccc2ccccc2c1CNCCCc1ccccc1. The van der Waals surface area contributed by atoms with Crippen molar-refractivity contribution in [1.82, 2.24) is 5.32 Å². The van der Waals surface area contributed by atoms with Gasteiger partial charge in [0.05, 0.1) is 6.61 Å². The molecular weight excluding hydrogens is 366 g/mol. The normalized spacial score (nSPS) is 11.1. The molecule has 3 aromatic carbocycles. The third kappa shape index (κ3) is 7.18. The van der Waals surface area contributed by atoms with E-state index in [1.165, 1.54) is 54.0 Å². The van der Waals surface area contributed by atoms with Crippen LogP contribution in [0.2, 0.25) is 0 Å². The fourth-order valence-electron chi connectivity index (χ4n) is 3.97. The minimum absolute atomic E-state index is 0.811. The summed E-state index contributed by atoms with van der Waals surface area (Å²) in [5.74, 6) is 1.04. The Labute approximate surface area is 182 Å². The number of unbranched alkanes of at least 4 members (excludes halogenated alkanes) is 5. The van der Waals surface area contributed by atoms with Crippen molar-refractivity contribution in [3.63, 3.8) is 0 Å². The molecule has 0 saturated heterocycles. The van der Waals surface area contributed by atoms with Crippen LogP contribution < -0.4 is 10.1 Å². The van der Waals surface area contributed by atoms with Crippen LogP contribution in [0.4, 0.5) is 0 Å². The number of rotatable bonds is 14. The molecule has 2 nitrogen and oxygen atoms in total. The summed E-state index contributed by atoms with van der Waals surface area (Å²) in [6, 6.07) is 23.7. The second-order valence-electron chi connectivity index (χ2n) is 8.15. The van der Waals surface area contributed by atoms with Gasteiger partial charge in [0.15, 0.2) is 0 Å². The highest BCUT2D eigenvalue weighted by molar-refractivity contribution is 5.87. The van der Waals surface area contributed by atoms with E-state index in [0.29, 0.717) is 0 Å². The predicted octanol–water partition coefficient (Wildman–Crippen LogP) is 7.30. The van der Waals surface area contributed by atoms with E-state index in [1.54, 1.807) is 0 Å². The molecule has 0 aliphatic heterocycles. The van der Waals surface area contributed by atoms with E-state index in [2.05, 4.69) is 79.0 Å². The maximum absolute atomic E-state index is 6.24. The molecule has 30 heavy (non-hydrogen) atoms. The molecule has 0 heterocycles. The fourth-order valence-corrected chi connectivity index (χ4v) is 3.97. The average molecular weight is 404 g/mol. The van der Waals surface area contributed by atoms with Gasteiger partial charge in [-0.15, -0.1) is 0 Å². The van der Waals surface area contributed by atoms with Gasteiger partial charge in [0, 0.05) is 12.1 Å². The molecular formula is C28H37NO. The van der Waals surface area contributed by atoms with E-state index < -0.39 is 0 Å². The maximum Gasteiger partial charge on any atom is 0.124 e. The lowest BCUT2D eigenvalue weighted by Gasteiger charge is -2.15. The topological polar surface area (TPSA) is 21.3 Å². The standard InChI is InChI=1S/C28H37NO/c1-2-3-4-5-6-12-22-30-28-20-19-25-17-10-11-18-26(25)27(28)23-29-21-13-16-24-14-8-7-9-15-24/h7-11,14-15,17-20,29H,2-6,12-13,16,21-23H2,1H3. The highest BCUT2D eigenvalue weighted by Crippen LogP contribution is 2.28. The van der Waals surface area contributed by atoms with Crippen LogP contribution in [-0.4, -0.2) is 13.2 Å². The zero-order valence-corrected chi connectivity index (χ0v) is 18.5. The summed E-state index contributed by atoms with van der Waals surface area (Å²) < 4.78 is 6.24. The molecule has 0 aliphatic rings. The average Bonchev–Trinajstić information content (AvgIpc) is 2.79. The molecule has 0 atom stereocenters. The minimum atomic E-state index is 0.811. The minimum Gasteiger partial charge on any atom is -0.493 e. The number of hydrogen-bond acceptors (Lipinski definition) is 2. The highest BCUT2D eigenvalue weighted by atomic mass is 16.5. The summed E-state index contributed by atoms with van der Waals surface area (Å²) in [6.07, 6.45) is 9.99. The molecule has 0 amide bonds. The van der Waals surface area contributed by atoms with Crippen LogP contribution in [0.5, 0.6) is 5.75 Å². The van der Waals surface area contributed by atoms with Crippen LogP contribution in [0.15, 0.2) is 66.7 Å². The molecule has 0 aromatic heterocycles. The first-order valence-electron chi connectivity index (χ1n) is 11.8. The van der Waals surface area contributed by atoms with Crippen molar-refractivity contribution in [3.05, 3.63) is 77.9 Å². The summed E-state index contributed by atoms with van der Waals surface area (Å²) in [7, 11) is 0. The molecule has 0 radical (unpaired) electrons. The van der Waals surface area contributed by atoms with E-state index in [1.807, 2.05) is 0 Å². The predicted molar refractivity (Wildman–Crippen MR) is 129 cm³/mol. The molecule has 0 spiro atoms. The van der Waals surface area contributed by atoms with E-state index in [0.717, 1.165) is 44.7 Å². The Balaban J connectivity index is 1.52. The van der Waals surface area contributed by atoms with Gasteiger partial charge in [0.2, 0.25) is 0 Å². The molecule has 3 rings (SSSR count). The molecule has 160 valence electrons. The Morgan fingerprint density at radius 2 is 1.50 bits per heavy atom. The van der Waals surface area contributed by atoms with Crippen LogP contribution in [0.1, 0.15) is 63.0 Å². The molecule has 0 bridgehead atoms. The number of ether oxygens (including phenoxy) is 1. The second kappa shape index (κ2) is 13.1. The molecule has 3 aromatic rings. The summed E-state index contributed by atoms with van der Waals surface area (Å²) in [6.45, 7) is 4.93. The van der Waals surface area contributed by atoms with Crippen LogP contribution in [0.3, 0.4) is 0 Å². The Morgan fingerprint density at radius 1 is 0.733 bits per heavy atom. The van der Waals surface area contributed by atoms with Gasteiger partial charge in [-0.3, -0.25) is 0 Å². The largest absolute Gasteiger partial charge is 0.493 e. The van der Waals surface area contributed by atoms with E-state index in [-0.39, 0.29) is 0 Å². The van der Waals surface area contributed by atoms with Crippen molar-refractivity contribution in [2.45, 2.75) is 64.8 Å². The molecule has 0 saturated carbocycles. The summed E-state index contributed by atoms with van der Waals surface area (Å²) in [5, 5.41) is 6.23. The summed E-state index contributed by atoms with van der Waals surface area (Å²) in [4.78, 5) is 0. The number of fused-ring (bicyclic) bond motifs is 1. The monoisotopic (exact) mass is 403 g/mol. The molecule has 0 aliphatic carbocycles. The number of nitrogens with one attached hydrogen (secondary N) is 1. The van der Waals surface area contributed by atoms with Crippen LogP contribution in [-0.2, 0) is 13.0 Å². The summed E-state index contributed by atoms with van der Waals surface area (Å²) >= 11 is 0. The molecule has 2 heteroatoms. The zero-order chi connectivity index (χ0) is 20.9. The number of benzene rings is 3. The van der Waals surface area contributed by atoms with Crippen molar-refractivity contribution in [3.8, 4) is 5.75 Å². The molecule has 1 N–H and O–H groups in total. The number of aryl methyl sites for hydroxylation is 1. The van der Waals surface area contributed by atoms with Crippen molar-refractivity contribution >= 4 is 10.8 Å². The number of hydrogen-bond donors (Lipinski definition) is 1. The van der Waals surface area contributed by atoms with Crippen molar-refractivity contribution in [1.29, 1.82) is 0 Å². The fraction of sp³-hybridized carbons (Fsp3) is 0.429. The Morgan fingerprint density at radius 3 is 2.37 bits per heavy atom. The van der Waals surface area contributed by atoms with Gasteiger partial charge in [0.25, 0.3) is 0 Å². The van der Waals surface area contributed by atoms with Gasteiger partial charge in [-0.05, 0) is 48.2 Å². The lowest BCUT2D eigenvalue weighted by molar-refractivity contribution is 0.301. The van der Waals surface area contributed by atoms with Gasteiger partial charge in [-0.2, -0.15) is 0 Å². The quantitative estimate of drug-likeness (QED) is 0.285. The van der Waals surface area contributed by atoms with Crippen molar-refractivity contribution in [2.24, 2.45) is 0 Å². The van der Waals surface area contributed by atoms with Crippen LogP contribution in [0.25, 0.3) is 10.8 Å². The van der Waals surface area contributed by atoms with Gasteiger partial charge < -0.3 is 10.1 Å². The first-order chi connectivity index (χ1) is 14.9. The first kappa shape index (κ1) is 22.4. The van der Waals surface area contributed by atoms with E-state index in [4.69, 9.17) is 4.74 Å². The lowest BCUT2D eigenvalue weighted by Crippen LogP contribution is -2.16. The molecule has 0 unspecified atom stereocenters. The third-order valence-corrected chi connectivity index (χ3v) is 5.72. The Bertz CT molecular complexity index is 859. The first-order valence-corrected chi connectivity index (χ1v) is 11.8. The van der Waals surface area contributed by atoms with Crippen LogP contribution in [0, 0.1) is 0 Å². The van der Waals surface area contributed by atoms with E-state index >= 15 is 0 Å². The van der Waals surface area contributed by atoms with Gasteiger partial charge >= 0.3 is 0 Å². The zero-order valence-electron chi connectivity index (χ0n) is 18.5. The maximum atomic E-state index is 6.24. The third-order valence-electron chi connectivity index (χ3n) is 5.72. The Hall–Kier alpha value is -2.32. The lowest BCUT2D eigenvalue weighted by atomic mass is 10.0. The smallest absolute Gasteiger partial charge is 0.124 e. The van der Waals surface area contributed by atoms with Gasteiger partial charge in [0.1, 0.15) is 5.75 Å².